The molecule has 20 heavy (non-hydrogen) atoms. The number of H-pyrrole nitrogens is 1. The number of esters is 1. The lowest BCUT2D eigenvalue weighted by atomic mass is 10.2. The summed E-state index contributed by atoms with van der Waals surface area (Å²) in [5.41, 5.74) is 0. The molecule has 1 atom stereocenters. The van der Waals surface area contributed by atoms with E-state index in [1.807, 2.05) is 27.7 Å². The number of hydrogen-bond acceptors (Lipinski definition) is 6. The Morgan fingerprint density at radius 1 is 1.35 bits per heavy atom. The van der Waals surface area contributed by atoms with Gasteiger partial charge in [0.25, 0.3) is 0 Å². The molecule has 0 radical (unpaired) electrons. The first kappa shape index (κ1) is 17.0. The molecule has 0 saturated carbocycles. The van der Waals surface area contributed by atoms with Crippen LogP contribution in [0, 0.1) is 0 Å². The van der Waals surface area contributed by atoms with E-state index in [1.54, 1.807) is 0 Å². The van der Waals surface area contributed by atoms with E-state index in [1.165, 1.54) is 11.8 Å². The third-order valence-corrected chi connectivity index (χ3v) is 3.79. The minimum Gasteiger partial charge on any atom is -0.462 e. The molecule has 0 amide bonds. The van der Waals surface area contributed by atoms with Crippen LogP contribution in [-0.2, 0) is 14.3 Å². The van der Waals surface area contributed by atoms with E-state index in [-0.39, 0.29) is 23.7 Å². The van der Waals surface area contributed by atoms with E-state index in [4.69, 9.17) is 9.47 Å². The Labute approximate surface area is 124 Å². The summed E-state index contributed by atoms with van der Waals surface area (Å²) < 4.78 is 10.3. The van der Waals surface area contributed by atoms with Crippen LogP contribution in [0.25, 0.3) is 0 Å². The quantitative estimate of drug-likeness (QED) is 0.429. The van der Waals surface area contributed by atoms with Crippen molar-refractivity contribution >= 4 is 17.7 Å². The summed E-state index contributed by atoms with van der Waals surface area (Å²) in [5, 5.41) is 7.29. The summed E-state index contributed by atoms with van der Waals surface area (Å²) in [7, 11) is 0. The Kier molecular flexibility index (Phi) is 7.61. The average Bonchev–Trinajstić information content (AvgIpc) is 2.89. The van der Waals surface area contributed by atoms with Gasteiger partial charge >= 0.3 is 5.97 Å². The van der Waals surface area contributed by atoms with Gasteiger partial charge in [-0.15, -0.1) is 5.10 Å². The Morgan fingerprint density at radius 2 is 2.10 bits per heavy atom. The van der Waals surface area contributed by atoms with Crippen molar-refractivity contribution in [3.05, 3.63) is 5.82 Å². The highest BCUT2D eigenvalue weighted by Crippen LogP contribution is 2.24. The van der Waals surface area contributed by atoms with Gasteiger partial charge in [-0.3, -0.25) is 9.89 Å². The predicted molar refractivity (Wildman–Crippen MR) is 77.9 cm³/mol. The maximum absolute atomic E-state index is 11.9. The summed E-state index contributed by atoms with van der Waals surface area (Å²) in [4.78, 5) is 16.3. The molecule has 1 unspecified atom stereocenters. The topological polar surface area (TPSA) is 77.1 Å². The van der Waals surface area contributed by atoms with Crippen LogP contribution in [-0.4, -0.2) is 46.2 Å². The third-order valence-electron chi connectivity index (χ3n) is 2.59. The molecule has 0 aliphatic rings. The zero-order valence-corrected chi connectivity index (χ0v) is 13.3. The van der Waals surface area contributed by atoms with Gasteiger partial charge in [-0.2, -0.15) is 0 Å². The lowest BCUT2D eigenvalue weighted by molar-refractivity contribution is -0.144. The second kappa shape index (κ2) is 8.97. The number of aromatic amines is 1. The van der Waals surface area contributed by atoms with Crippen molar-refractivity contribution in [2.24, 2.45) is 0 Å². The Morgan fingerprint density at radius 3 is 2.65 bits per heavy atom. The van der Waals surface area contributed by atoms with E-state index in [0.29, 0.717) is 24.8 Å². The molecule has 0 saturated heterocycles. The van der Waals surface area contributed by atoms with Crippen molar-refractivity contribution in [3.8, 4) is 0 Å². The van der Waals surface area contributed by atoms with E-state index in [0.717, 1.165) is 5.82 Å². The van der Waals surface area contributed by atoms with E-state index >= 15 is 0 Å². The molecule has 1 aromatic heterocycles. The van der Waals surface area contributed by atoms with Gasteiger partial charge in [-0.05, 0) is 13.3 Å². The number of ether oxygens (including phenoxy) is 2. The van der Waals surface area contributed by atoms with Crippen molar-refractivity contribution in [3.63, 3.8) is 0 Å². The SMILES string of the molecule is CCOCCOC(=O)C(CC)Sc1n[nH]c(C(C)C)n1. The number of aromatic nitrogens is 3. The summed E-state index contributed by atoms with van der Waals surface area (Å²) in [6, 6.07) is 0. The number of nitrogens with one attached hydrogen (secondary N) is 1. The van der Waals surface area contributed by atoms with Crippen LogP contribution < -0.4 is 0 Å². The van der Waals surface area contributed by atoms with Gasteiger partial charge in [-0.1, -0.05) is 32.5 Å². The first-order valence-corrected chi connectivity index (χ1v) is 7.79. The Bertz CT molecular complexity index is 409. The van der Waals surface area contributed by atoms with Crippen molar-refractivity contribution in [1.29, 1.82) is 0 Å². The van der Waals surface area contributed by atoms with Crippen LogP contribution in [0.2, 0.25) is 0 Å². The minimum atomic E-state index is -0.285. The smallest absolute Gasteiger partial charge is 0.319 e. The summed E-state index contributed by atoms with van der Waals surface area (Å²) >= 11 is 1.33. The van der Waals surface area contributed by atoms with Crippen molar-refractivity contribution in [2.75, 3.05) is 19.8 Å². The lowest BCUT2D eigenvalue weighted by Crippen LogP contribution is -2.21. The van der Waals surface area contributed by atoms with Gasteiger partial charge < -0.3 is 9.47 Å². The van der Waals surface area contributed by atoms with Gasteiger partial charge in [0.05, 0.1) is 6.61 Å². The molecule has 114 valence electrons. The lowest BCUT2D eigenvalue weighted by Gasteiger charge is -2.11. The number of carbonyl (C=O) groups excluding carboxylic acids is 1. The molecule has 1 N–H and O–H groups in total. The molecule has 1 heterocycles. The number of carbonyl (C=O) groups is 1. The van der Waals surface area contributed by atoms with Crippen molar-refractivity contribution in [2.45, 2.75) is 50.4 Å². The average molecular weight is 301 g/mol. The molecule has 0 bridgehead atoms. The van der Waals surface area contributed by atoms with E-state index in [9.17, 15) is 4.79 Å². The molecule has 1 rings (SSSR count). The van der Waals surface area contributed by atoms with Crippen LogP contribution in [0.1, 0.15) is 45.9 Å². The second-order valence-electron chi connectivity index (χ2n) is 4.54. The molecule has 0 spiro atoms. The fourth-order valence-corrected chi connectivity index (χ4v) is 2.27. The number of thioether (sulfide) groups is 1. The van der Waals surface area contributed by atoms with Crippen LogP contribution in [0.4, 0.5) is 0 Å². The molecular formula is C13H23N3O3S. The monoisotopic (exact) mass is 301 g/mol. The number of rotatable bonds is 9. The predicted octanol–water partition coefficient (Wildman–Crippen LogP) is 2.38. The molecule has 0 fully saturated rings. The van der Waals surface area contributed by atoms with Gasteiger partial charge in [0.2, 0.25) is 5.16 Å². The molecule has 7 heteroatoms. The highest BCUT2D eigenvalue weighted by molar-refractivity contribution is 8.00. The molecular weight excluding hydrogens is 278 g/mol. The summed E-state index contributed by atoms with van der Waals surface area (Å²) in [5.74, 6) is 0.871. The normalized spacial score (nSPS) is 12.7. The fraction of sp³-hybridized carbons (Fsp3) is 0.769. The third kappa shape index (κ3) is 5.50. The highest BCUT2D eigenvalue weighted by Gasteiger charge is 2.22. The first-order valence-electron chi connectivity index (χ1n) is 6.91. The zero-order chi connectivity index (χ0) is 15.0. The van der Waals surface area contributed by atoms with E-state index in [2.05, 4.69) is 15.2 Å². The Hall–Kier alpha value is -1.08. The molecule has 0 aromatic carbocycles. The van der Waals surface area contributed by atoms with Crippen molar-refractivity contribution < 1.29 is 14.3 Å². The summed E-state index contributed by atoms with van der Waals surface area (Å²) in [6.07, 6.45) is 0.670. The maximum atomic E-state index is 11.9. The Balaban J connectivity index is 2.46. The molecule has 6 nitrogen and oxygen atoms in total. The standard InChI is InChI=1S/C13H23N3O3S/c1-5-10(12(17)19-8-7-18-6-2)20-13-14-11(9(3)4)15-16-13/h9-10H,5-8H2,1-4H3,(H,14,15,16). The summed E-state index contributed by atoms with van der Waals surface area (Å²) in [6.45, 7) is 9.26. The largest absolute Gasteiger partial charge is 0.462 e. The molecule has 0 aliphatic carbocycles. The maximum Gasteiger partial charge on any atom is 0.319 e. The van der Waals surface area contributed by atoms with Crippen LogP contribution in [0.5, 0.6) is 0 Å². The highest BCUT2D eigenvalue weighted by atomic mass is 32.2. The van der Waals surface area contributed by atoms with Gasteiger partial charge in [-0.25, -0.2) is 4.98 Å². The van der Waals surface area contributed by atoms with Crippen LogP contribution >= 0.6 is 11.8 Å². The number of hydrogen-bond donors (Lipinski definition) is 1. The fourth-order valence-electron chi connectivity index (χ4n) is 1.43. The van der Waals surface area contributed by atoms with E-state index < -0.39 is 0 Å². The second-order valence-corrected chi connectivity index (χ2v) is 5.71. The van der Waals surface area contributed by atoms with Crippen molar-refractivity contribution in [1.82, 2.24) is 15.2 Å². The van der Waals surface area contributed by atoms with Crippen LogP contribution in [0.3, 0.4) is 0 Å². The first-order chi connectivity index (χ1) is 9.58. The van der Waals surface area contributed by atoms with Gasteiger partial charge in [0.1, 0.15) is 17.7 Å². The molecule has 0 aliphatic heterocycles. The van der Waals surface area contributed by atoms with Crippen LogP contribution in [0.15, 0.2) is 5.16 Å². The van der Waals surface area contributed by atoms with Gasteiger partial charge in [0.15, 0.2) is 0 Å². The van der Waals surface area contributed by atoms with Gasteiger partial charge in [0, 0.05) is 12.5 Å². The zero-order valence-electron chi connectivity index (χ0n) is 12.5. The number of nitrogens with zero attached hydrogens (tertiary/aromatic N) is 2. The minimum absolute atomic E-state index is 0.242. The molecule has 1 aromatic rings.